The molecule has 0 aliphatic carbocycles. The first-order chi connectivity index (χ1) is 13.6. The zero-order chi connectivity index (χ0) is 19.4. The number of benzene rings is 3. The third-order valence-electron chi connectivity index (χ3n) is 5.24. The number of imide groups is 1. The number of halogens is 1. The minimum atomic E-state index is -0.332. The van der Waals surface area contributed by atoms with Gasteiger partial charge in [-0.05, 0) is 48.2 Å². The summed E-state index contributed by atoms with van der Waals surface area (Å²) in [5.41, 5.74) is 8.62. The summed E-state index contributed by atoms with van der Waals surface area (Å²) in [6.45, 7) is 0.492. The Labute approximate surface area is 169 Å². The summed E-state index contributed by atoms with van der Waals surface area (Å²) in [5, 5.41) is 3.78. The van der Waals surface area contributed by atoms with Crippen molar-refractivity contribution >= 4 is 49.4 Å². The highest BCUT2D eigenvalue weighted by atomic mass is 79.9. The Kier molecular flexibility index (Phi) is 3.86. The number of nitrogens with zero attached hydrogens (tertiary/aromatic N) is 2. The molecule has 138 valence electrons. The Morgan fingerprint density at radius 3 is 2.36 bits per heavy atom. The van der Waals surface area contributed by atoms with E-state index in [-0.39, 0.29) is 11.8 Å². The van der Waals surface area contributed by atoms with E-state index in [4.69, 9.17) is 5.73 Å². The Morgan fingerprint density at radius 1 is 0.857 bits per heavy atom. The van der Waals surface area contributed by atoms with Crippen LogP contribution in [0.3, 0.4) is 0 Å². The van der Waals surface area contributed by atoms with Crippen LogP contribution < -0.4 is 10.7 Å². The molecule has 5 nitrogen and oxygen atoms in total. The van der Waals surface area contributed by atoms with Crippen molar-refractivity contribution in [2.75, 3.05) is 11.6 Å². The molecule has 1 aliphatic heterocycles. The highest BCUT2D eigenvalue weighted by Crippen LogP contribution is 2.35. The van der Waals surface area contributed by atoms with Crippen LogP contribution in [0.1, 0.15) is 26.3 Å². The lowest BCUT2D eigenvalue weighted by atomic mass is 9.95. The maximum absolute atomic E-state index is 13.4. The molecule has 4 aromatic rings. The molecule has 0 bridgehead atoms. The first-order valence-corrected chi connectivity index (χ1v) is 9.80. The van der Waals surface area contributed by atoms with Gasteiger partial charge in [0.1, 0.15) is 0 Å². The van der Waals surface area contributed by atoms with Gasteiger partial charge in [-0.15, -0.1) is 0 Å². The fourth-order valence-corrected chi connectivity index (χ4v) is 4.46. The van der Waals surface area contributed by atoms with E-state index in [0.717, 1.165) is 26.3 Å². The van der Waals surface area contributed by atoms with Crippen molar-refractivity contribution in [2.24, 2.45) is 5.73 Å². The van der Waals surface area contributed by atoms with Gasteiger partial charge in [-0.3, -0.25) is 9.59 Å². The Hall–Kier alpha value is -2.96. The second-order valence-electron chi connectivity index (χ2n) is 6.80. The van der Waals surface area contributed by atoms with Crippen LogP contribution in [0.15, 0.2) is 65.3 Å². The predicted molar refractivity (Wildman–Crippen MR) is 113 cm³/mol. The minimum absolute atomic E-state index is 0.332. The first kappa shape index (κ1) is 17.2. The molecule has 1 aliphatic rings. The molecule has 3 aromatic carbocycles. The molecule has 1 aromatic heterocycles. The molecule has 0 unspecified atom stereocenters. The van der Waals surface area contributed by atoms with E-state index in [1.807, 2.05) is 48.7 Å². The molecule has 0 radical (unpaired) electrons. The number of fused-ring (bicyclic) bond motifs is 1. The van der Waals surface area contributed by atoms with Crippen molar-refractivity contribution < 1.29 is 9.59 Å². The third kappa shape index (κ3) is 2.28. The van der Waals surface area contributed by atoms with Crippen LogP contribution in [0.5, 0.6) is 0 Å². The number of hydrogen-bond acceptors (Lipinski definition) is 3. The maximum atomic E-state index is 13.4. The molecule has 0 fully saturated rings. The normalized spacial score (nSPS) is 13.7. The smallest absolute Gasteiger partial charge is 0.280 e. The van der Waals surface area contributed by atoms with Gasteiger partial charge in [0.15, 0.2) is 0 Å². The molecule has 0 saturated heterocycles. The van der Waals surface area contributed by atoms with Gasteiger partial charge in [0.25, 0.3) is 11.8 Å². The summed E-state index contributed by atoms with van der Waals surface area (Å²) < 4.78 is 2.52. The number of para-hydroxylation sites is 1. The zero-order valence-corrected chi connectivity index (χ0v) is 16.4. The van der Waals surface area contributed by atoms with E-state index in [0.29, 0.717) is 29.5 Å². The van der Waals surface area contributed by atoms with Crippen LogP contribution in [0.25, 0.3) is 21.7 Å². The van der Waals surface area contributed by atoms with Gasteiger partial charge in [-0.2, -0.15) is 5.01 Å². The minimum Gasteiger partial charge on any atom is -0.330 e. The summed E-state index contributed by atoms with van der Waals surface area (Å²) in [4.78, 5) is 26.8. The summed E-state index contributed by atoms with van der Waals surface area (Å²) in [6, 6.07) is 16.9. The average molecular weight is 434 g/mol. The fraction of sp³-hybridized carbons (Fsp3) is 0.0909. The molecule has 6 heteroatoms. The van der Waals surface area contributed by atoms with E-state index in [9.17, 15) is 9.59 Å². The van der Waals surface area contributed by atoms with Crippen LogP contribution in [-0.2, 0) is 6.42 Å². The molecular formula is C22H16BrN3O2. The van der Waals surface area contributed by atoms with Crippen molar-refractivity contribution in [3.05, 3.63) is 82.0 Å². The maximum Gasteiger partial charge on any atom is 0.280 e. The first-order valence-electron chi connectivity index (χ1n) is 9.01. The molecule has 2 N–H and O–H groups in total. The standard InChI is InChI=1S/C22H16BrN3O2/c23-18-9-8-17-20-15(18)5-3-6-16(20)21(27)26(22(17)28)25-12-13(10-11-24)14-4-1-2-7-19(14)25/h1-9,12H,10-11,24H2. The molecular weight excluding hydrogens is 418 g/mol. The number of aromatic nitrogens is 1. The number of carbonyl (C=O) groups excluding carboxylic acids is 2. The molecule has 28 heavy (non-hydrogen) atoms. The van der Waals surface area contributed by atoms with E-state index in [1.54, 1.807) is 16.8 Å². The zero-order valence-electron chi connectivity index (χ0n) is 14.9. The van der Waals surface area contributed by atoms with Gasteiger partial charge in [0, 0.05) is 21.4 Å². The molecule has 2 amide bonds. The summed E-state index contributed by atoms with van der Waals surface area (Å²) >= 11 is 3.52. The molecule has 0 saturated carbocycles. The van der Waals surface area contributed by atoms with E-state index in [2.05, 4.69) is 15.9 Å². The second kappa shape index (κ2) is 6.29. The Morgan fingerprint density at radius 2 is 1.57 bits per heavy atom. The summed E-state index contributed by atoms with van der Waals surface area (Å²) in [6.07, 6.45) is 2.51. The van der Waals surface area contributed by atoms with Gasteiger partial charge in [0.2, 0.25) is 0 Å². The molecule has 5 rings (SSSR count). The Balaban J connectivity index is 1.78. The van der Waals surface area contributed by atoms with Crippen molar-refractivity contribution in [3.63, 3.8) is 0 Å². The number of hydrogen-bond donors (Lipinski definition) is 1. The van der Waals surface area contributed by atoms with Gasteiger partial charge in [0.05, 0.1) is 16.6 Å². The van der Waals surface area contributed by atoms with Crippen LogP contribution in [0, 0.1) is 0 Å². The monoisotopic (exact) mass is 433 g/mol. The fourth-order valence-electron chi connectivity index (χ4n) is 4.00. The van der Waals surface area contributed by atoms with Gasteiger partial charge < -0.3 is 5.73 Å². The number of nitrogens with two attached hydrogens (primary N) is 1. The van der Waals surface area contributed by atoms with Crippen molar-refractivity contribution in [2.45, 2.75) is 6.42 Å². The second-order valence-corrected chi connectivity index (χ2v) is 7.65. The van der Waals surface area contributed by atoms with Gasteiger partial charge in [-0.1, -0.05) is 46.3 Å². The Bertz CT molecular complexity index is 1270. The van der Waals surface area contributed by atoms with Crippen LogP contribution in [0.2, 0.25) is 0 Å². The SMILES string of the molecule is NCCc1cn(N2C(=O)c3cccc4c(Br)ccc(c34)C2=O)c2ccccc12. The van der Waals surface area contributed by atoms with Crippen molar-refractivity contribution in [3.8, 4) is 0 Å². The lowest BCUT2D eigenvalue weighted by Crippen LogP contribution is -2.47. The lowest BCUT2D eigenvalue weighted by Gasteiger charge is -2.28. The predicted octanol–water partition coefficient (Wildman–Crippen LogP) is 3.99. The molecule has 0 atom stereocenters. The van der Waals surface area contributed by atoms with Crippen LogP contribution in [0.4, 0.5) is 0 Å². The van der Waals surface area contributed by atoms with Crippen molar-refractivity contribution in [1.29, 1.82) is 0 Å². The molecule has 2 heterocycles. The molecule has 0 spiro atoms. The topological polar surface area (TPSA) is 68.3 Å². The van der Waals surface area contributed by atoms with Gasteiger partial charge in [-0.25, -0.2) is 4.68 Å². The average Bonchev–Trinajstić information content (AvgIpc) is 3.06. The van der Waals surface area contributed by atoms with E-state index >= 15 is 0 Å². The largest absolute Gasteiger partial charge is 0.330 e. The van der Waals surface area contributed by atoms with Crippen molar-refractivity contribution in [1.82, 2.24) is 4.68 Å². The number of rotatable bonds is 3. The van der Waals surface area contributed by atoms with E-state index < -0.39 is 0 Å². The van der Waals surface area contributed by atoms with E-state index in [1.165, 1.54) is 5.01 Å². The highest BCUT2D eigenvalue weighted by Gasteiger charge is 2.35. The number of amides is 2. The summed E-state index contributed by atoms with van der Waals surface area (Å²) in [5.74, 6) is -0.664. The summed E-state index contributed by atoms with van der Waals surface area (Å²) in [7, 11) is 0. The number of carbonyl (C=O) groups is 2. The third-order valence-corrected chi connectivity index (χ3v) is 5.93. The van der Waals surface area contributed by atoms with Crippen LogP contribution >= 0.6 is 15.9 Å². The van der Waals surface area contributed by atoms with Gasteiger partial charge >= 0.3 is 0 Å². The quantitative estimate of drug-likeness (QED) is 0.496. The lowest BCUT2D eigenvalue weighted by molar-refractivity contribution is 0.0854. The van der Waals surface area contributed by atoms with Crippen LogP contribution in [-0.4, -0.2) is 23.0 Å². The highest BCUT2D eigenvalue weighted by molar-refractivity contribution is 9.10.